The minimum absolute atomic E-state index is 0.0196. The molecule has 0 aromatic heterocycles. The molecule has 1 atom stereocenters. The highest BCUT2D eigenvalue weighted by atomic mass is 35.5. The summed E-state index contributed by atoms with van der Waals surface area (Å²) in [5, 5.41) is 0.788. The fraction of sp³-hybridized carbons (Fsp3) is 0.304. The van der Waals surface area contributed by atoms with Gasteiger partial charge in [-0.05, 0) is 48.2 Å². The van der Waals surface area contributed by atoms with Gasteiger partial charge in [0.25, 0.3) is 0 Å². The predicted octanol–water partition coefficient (Wildman–Crippen LogP) is 6.30. The molecule has 0 saturated heterocycles. The van der Waals surface area contributed by atoms with Crippen LogP contribution in [0.2, 0.25) is 10.0 Å². The van der Waals surface area contributed by atoms with Crippen molar-refractivity contribution >= 4 is 40.6 Å². The number of allylic oxidation sites excluding steroid dienone is 2. The van der Waals surface area contributed by atoms with Crippen LogP contribution in [0.15, 0.2) is 53.7 Å². The topological polar surface area (TPSA) is 37.4 Å². The molecule has 1 amide bonds. The molecule has 150 valence electrons. The number of carbonyl (C=O) groups excluding carboxylic acids is 2. The number of rotatable bonds is 2. The maximum absolute atomic E-state index is 14.7. The van der Waals surface area contributed by atoms with Crippen LogP contribution in [0.1, 0.15) is 44.6 Å². The molecular formula is C23H20Cl2FNO2. The number of halogens is 3. The number of amides is 1. The molecule has 0 N–H and O–H groups in total. The molecule has 6 heteroatoms. The maximum atomic E-state index is 14.7. The zero-order valence-corrected chi connectivity index (χ0v) is 17.6. The van der Waals surface area contributed by atoms with Crippen LogP contribution in [0, 0.1) is 11.2 Å². The summed E-state index contributed by atoms with van der Waals surface area (Å²) in [6.07, 6.45) is 0.857. The number of nitrogens with zero attached hydrogens (tertiary/aromatic N) is 1. The van der Waals surface area contributed by atoms with Crippen LogP contribution in [0.3, 0.4) is 0 Å². The molecule has 2 aromatic carbocycles. The Labute approximate surface area is 179 Å². The smallest absolute Gasteiger partial charge is 0.232 e. The molecule has 2 aromatic rings. The minimum atomic E-state index is -0.682. The van der Waals surface area contributed by atoms with Crippen molar-refractivity contribution in [1.82, 2.24) is 0 Å². The monoisotopic (exact) mass is 431 g/mol. The highest BCUT2D eigenvalue weighted by Crippen LogP contribution is 2.49. The Morgan fingerprint density at radius 3 is 2.38 bits per heavy atom. The van der Waals surface area contributed by atoms with Crippen LogP contribution >= 0.6 is 23.2 Å². The van der Waals surface area contributed by atoms with E-state index < -0.39 is 11.7 Å². The highest BCUT2D eigenvalue weighted by molar-refractivity contribution is 6.31. The van der Waals surface area contributed by atoms with Crippen molar-refractivity contribution in [2.45, 2.75) is 39.0 Å². The minimum Gasteiger partial charge on any atom is -0.294 e. The first-order chi connectivity index (χ1) is 13.7. The second kappa shape index (κ2) is 7.26. The van der Waals surface area contributed by atoms with E-state index in [2.05, 4.69) is 0 Å². The quantitative estimate of drug-likeness (QED) is 0.559. The zero-order chi connectivity index (χ0) is 20.9. The molecule has 0 saturated carbocycles. The lowest BCUT2D eigenvalue weighted by Gasteiger charge is -2.43. The van der Waals surface area contributed by atoms with Crippen LogP contribution < -0.4 is 4.90 Å². The van der Waals surface area contributed by atoms with Crippen molar-refractivity contribution in [1.29, 1.82) is 0 Å². The van der Waals surface area contributed by atoms with Crippen LogP contribution in [0.5, 0.6) is 0 Å². The van der Waals surface area contributed by atoms with Gasteiger partial charge in [0.1, 0.15) is 5.82 Å². The van der Waals surface area contributed by atoms with Gasteiger partial charge in [0.2, 0.25) is 5.91 Å². The van der Waals surface area contributed by atoms with E-state index in [1.807, 2.05) is 13.8 Å². The number of carbonyl (C=O) groups is 2. The summed E-state index contributed by atoms with van der Waals surface area (Å²) in [5.41, 5.74) is 1.69. The Hall–Kier alpha value is -2.17. The van der Waals surface area contributed by atoms with Crippen LogP contribution in [-0.2, 0) is 9.59 Å². The Balaban J connectivity index is 1.94. The number of hydrogen-bond donors (Lipinski definition) is 0. The molecule has 0 fully saturated rings. The molecule has 1 aliphatic heterocycles. The number of Topliss-reactive ketones (excluding diaryl/α,β-unsaturated/α-hetero) is 1. The normalized spacial score (nSPS) is 21.4. The first kappa shape index (κ1) is 20.1. The summed E-state index contributed by atoms with van der Waals surface area (Å²) < 4.78 is 14.7. The molecule has 0 radical (unpaired) electrons. The zero-order valence-electron chi connectivity index (χ0n) is 16.1. The third kappa shape index (κ3) is 3.60. The van der Waals surface area contributed by atoms with Crippen molar-refractivity contribution in [3.8, 4) is 0 Å². The lowest BCUT2D eigenvalue weighted by molar-refractivity contribution is -0.121. The Morgan fingerprint density at radius 2 is 1.72 bits per heavy atom. The van der Waals surface area contributed by atoms with Gasteiger partial charge >= 0.3 is 0 Å². The SMILES string of the molecule is CC1(C)CC(=O)C2=C(C1)N(c1ccc(Cl)cc1)C(=O)CC2c1c(F)cccc1Cl. The Bertz CT molecular complexity index is 1020. The predicted molar refractivity (Wildman–Crippen MR) is 113 cm³/mol. The van der Waals surface area contributed by atoms with E-state index in [0.29, 0.717) is 34.8 Å². The van der Waals surface area contributed by atoms with E-state index in [9.17, 15) is 14.0 Å². The summed E-state index contributed by atoms with van der Waals surface area (Å²) in [6.45, 7) is 4.00. The molecule has 0 bridgehead atoms. The van der Waals surface area contributed by atoms with Crippen molar-refractivity contribution < 1.29 is 14.0 Å². The summed E-state index contributed by atoms with van der Waals surface area (Å²) in [5.74, 6) is -1.44. The van der Waals surface area contributed by atoms with Crippen molar-refractivity contribution in [3.63, 3.8) is 0 Å². The molecule has 0 spiro atoms. The lowest BCUT2D eigenvalue weighted by Crippen LogP contribution is -2.44. The molecular weight excluding hydrogens is 412 g/mol. The van der Waals surface area contributed by atoms with Crippen LogP contribution in [-0.4, -0.2) is 11.7 Å². The fourth-order valence-corrected chi connectivity index (χ4v) is 4.82. The standard InChI is InChI=1S/C23H20Cl2FNO2/c1-23(2)11-18-22(19(28)12-23)15(21-16(25)4-3-5-17(21)26)10-20(29)27(18)14-8-6-13(24)7-9-14/h3-9,15H,10-12H2,1-2H3. The van der Waals surface area contributed by atoms with Gasteiger partial charge in [0, 0.05) is 51.3 Å². The Morgan fingerprint density at radius 1 is 1.03 bits per heavy atom. The fourth-order valence-electron chi connectivity index (χ4n) is 4.40. The Kier molecular flexibility index (Phi) is 5.04. The van der Waals surface area contributed by atoms with Crippen LogP contribution in [0.4, 0.5) is 10.1 Å². The molecule has 1 heterocycles. The third-order valence-corrected chi connectivity index (χ3v) is 6.16. The van der Waals surface area contributed by atoms with Gasteiger partial charge in [-0.3, -0.25) is 14.5 Å². The van der Waals surface area contributed by atoms with Gasteiger partial charge in [0.15, 0.2) is 5.78 Å². The summed E-state index contributed by atoms with van der Waals surface area (Å²) in [7, 11) is 0. The van der Waals surface area contributed by atoms with E-state index in [1.165, 1.54) is 12.1 Å². The average molecular weight is 432 g/mol. The number of ketones is 1. The van der Waals surface area contributed by atoms with Gasteiger partial charge in [-0.1, -0.05) is 43.1 Å². The number of benzene rings is 2. The second-order valence-electron chi connectivity index (χ2n) is 8.40. The van der Waals surface area contributed by atoms with Gasteiger partial charge in [-0.2, -0.15) is 0 Å². The molecule has 1 aliphatic carbocycles. The molecule has 1 unspecified atom stereocenters. The van der Waals surface area contributed by atoms with Crippen molar-refractivity contribution in [2.24, 2.45) is 5.41 Å². The van der Waals surface area contributed by atoms with E-state index >= 15 is 0 Å². The number of anilines is 1. The highest BCUT2D eigenvalue weighted by Gasteiger charge is 2.45. The average Bonchev–Trinajstić information content (AvgIpc) is 2.61. The summed E-state index contributed by atoms with van der Waals surface area (Å²) in [6, 6.07) is 11.4. The van der Waals surface area contributed by atoms with Gasteiger partial charge < -0.3 is 0 Å². The van der Waals surface area contributed by atoms with Crippen LogP contribution in [0.25, 0.3) is 0 Å². The van der Waals surface area contributed by atoms with E-state index in [-0.39, 0.29) is 34.1 Å². The first-order valence-electron chi connectivity index (χ1n) is 9.46. The summed E-state index contributed by atoms with van der Waals surface area (Å²) in [4.78, 5) is 28.0. The van der Waals surface area contributed by atoms with Crippen molar-refractivity contribution in [2.75, 3.05) is 4.90 Å². The van der Waals surface area contributed by atoms with Crippen molar-refractivity contribution in [3.05, 3.63) is 75.2 Å². The van der Waals surface area contributed by atoms with Gasteiger partial charge in [-0.25, -0.2) is 4.39 Å². The van der Waals surface area contributed by atoms with E-state index in [0.717, 1.165) is 0 Å². The number of hydrogen-bond acceptors (Lipinski definition) is 2. The van der Waals surface area contributed by atoms with Gasteiger partial charge in [0.05, 0.1) is 0 Å². The second-order valence-corrected chi connectivity index (χ2v) is 9.24. The lowest BCUT2D eigenvalue weighted by atomic mass is 9.69. The first-order valence-corrected chi connectivity index (χ1v) is 10.2. The molecule has 3 nitrogen and oxygen atoms in total. The summed E-state index contributed by atoms with van der Waals surface area (Å²) >= 11 is 12.3. The largest absolute Gasteiger partial charge is 0.294 e. The molecule has 29 heavy (non-hydrogen) atoms. The molecule has 2 aliphatic rings. The van der Waals surface area contributed by atoms with E-state index in [1.54, 1.807) is 35.2 Å². The van der Waals surface area contributed by atoms with E-state index in [4.69, 9.17) is 23.2 Å². The maximum Gasteiger partial charge on any atom is 0.232 e. The third-order valence-electron chi connectivity index (χ3n) is 5.58. The van der Waals surface area contributed by atoms with Gasteiger partial charge in [-0.15, -0.1) is 0 Å². The molecule has 4 rings (SSSR count).